The van der Waals surface area contributed by atoms with Gasteiger partial charge in [0.2, 0.25) is 0 Å². The molecule has 1 aliphatic rings. The Bertz CT molecular complexity index is 800. The lowest BCUT2D eigenvalue weighted by molar-refractivity contribution is -0.140. The lowest BCUT2D eigenvalue weighted by atomic mass is 10.0. The van der Waals surface area contributed by atoms with Crippen molar-refractivity contribution in [1.82, 2.24) is 5.32 Å². The second-order valence-electron chi connectivity index (χ2n) is 6.32. The van der Waals surface area contributed by atoms with Crippen LogP contribution in [0.5, 0.6) is 0 Å². The average Bonchev–Trinajstić information content (AvgIpc) is 3.10. The highest BCUT2D eigenvalue weighted by Crippen LogP contribution is 2.46. The molecule has 0 bridgehead atoms. The predicted molar refractivity (Wildman–Crippen MR) is 88.1 cm³/mol. The van der Waals surface area contributed by atoms with Crippen LogP contribution >= 0.6 is 11.8 Å². The minimum Gasteiger partial charge on any atom is -0.480 e. The summed E-state index contributed by atoms with van der Waals surface area (Å²) in [5.41, 5.74) is -0.429. The Labute approximate surface area is 146 Å². The maximum absolute atomic E-state index is 12.8. The molecule has 1 aromatic carbocycles. The van der Waals surface area contributed by atoms with Gasteiger partial charge in [-0.05, 0) is 38.1 Å². The van der Waals surface area contributed by atoms with E-state index in [4.69, 9.17) is 4.42 Å². The van der Waals surface area contributed by atoms with E-state index in [9.17, 15) is 23.1 Å². The van der Waals surface area contributed by atoms with Crippen molar-refractivity contribution in [2.24, 2.45) is 0 Å². The van der Waals surface area contributed by atoms with Gasteiger partial charge in [-0.25, -0.2) is 0 Å². The number of carboxylic acids is 1. The second kappa shape index (κ2) is 6.10. The Kier molecular flexibility index (Phi) is 4.36. The van der Waals surface area contributed by atoms with E-state index in [2.05, 4.69) is 5.32 Å². The third-order valence-corrected chi connectivity index (χ3v) is 5.49. The van der Waals surface area contributed by atoms with Crippen LogP contribution in [-0.2, 0) is 11.0 Å². The number of aliphatic carboxylic acids is 1. The van der Waals surface area contributed by atoms with Gasteiger partial charge >= 0.3 is 12.1 Å². The molecule has 134 valence electrons. The summed E-state index contributed by atoms with van der Waals surface area (Å²) in [7, 11) is 0. The van der Waals surface area contributed by atoms with Crippen molar-refractivity contribution >= 4 is 17.7 Å². The third kappa shape index (κ3) is 3.55. The molecule has 0 aliphatic carbocycles. The number of hydrogen-bond acceptors (Lipinski definition) is 4. The Morgan fingerprint density at radius 3 is 2.60 bits per heavy atom. The summed E-state index contributed by atoms with van der Waals surface area (Å²) in [5.74, 6) is -0.168. The standard InChI is InChI=1S/C17H16F3NO3S/c1-16(2)13(15(22)23)21-14(25-16)12-7-6-11(24-12)9-4-3-5-10(8-9)17(18,19)20/h3-8,13-14,21H,1-2H3,(H,22,23). The van der Waals surface area contributed by atoms with E-state index in [0.717, 1.165) is 12.1 Å². The van der Waals surface area contributed by atoms with E-state index < -0.39 is 28.5 Å². The number of thioether (sulfide) groups is 1. The molecule has 1 aliphatic heterocycles. The smallest absolute Gasteiger partial charge is 0.416 e. The summed E-state index contributed by atoms with van der Waals surface area (Å²) >= 11 is 1.41. The molecule has 1 saturated heterocycles. The Balaban J connectivity index is 1.86. The van der Waals surface area contributed by atoms with Crippen LogP contribution in [0.4, 0.5) is 13.2 Å². The lowest BCUT2D eigenvalue weighted by Gasteiger charge is -2.20. The maximum Gasteiger partial charge on any atom is 0.416 e. The molecular formula is C17H16F3NO3S. The summed E-state index contributed by atoms with van der Waals surface area (Å²) in [6.07, 6.45) is -4.42. The molecule has 8 heteroatoms. The fourth-order valence-corrected chi connectivity index (χ4v) is 4.12. The van der Waals surface area contributed by atoms with Gasteiger partial charge in [-0.15, -0.1) is 11.8 Å². The van der Waals surface area contributed by atoms with Crippen molar-refractivity contribution in [3.8, 4) is 11.3 Å². The van der Waals surface area contributed by atoms with Gasteiger partial charge in [-0.1, -0.05) is 12.1 Å². The molecule has 0 spiro atoms. The number of carboxylic acid groups (broad SMARTS) is 1. The van der Waals surface area contributed by atoms with Crippen LogP contribution in [0, 0.1) is 0 Å². The molecule has 2 unspecified atom stereocenters. The molecule has 2 atom stereocenters. The fraction of sp³-hybridized carbons (Fsp3) is 0.353. The second-order valence-corrected chi connectivity index (χ2v) is 8.08. The van der Waals surface area contributed by atoms with Crippen molar-refractivity contribution in [2.75, 3.05) is 0 Å². The van der Waals surface area contributed by atoms with Gasteiger partial charge in [-0.2, -0.15) is 13.2 Å². The molecule has 2 N–H and O–H groups in total. The predicted octanol–water partition coefficient (Wildman–Crippen LogP) is 4.53. The fourth-order valence-electron chi connectivity index (χ4n) is 2.76. The van der Waals surface area contributed by atoms with Crippen LogP contribution in [-0.4, -0.2) is 21.9 Å². The first kappa shape index (κ1) is 17.9. The van der Waals surface area contributed by atoms with Crippen molar-refractivity contribution in [1.29, 1.82) is 0 Å². The number of furan rings is 1. The first-order valence-corrected chi connectivity index (χ1v) is 8.40. The summed E-state index contributed by atoms with van der Waals surface area (Å²) in [6.45, 7) is 3.64. The largest absolute Gasteiger partial charge is 0.480 e. The highest BCUT2D eigenvalue weighted by Gasteiger charge is 2.46. The van der Waals surface area contributed by atoms with E-state index in [1.54, 1.807) is 12.1 Å². The van der Waals surface area contributed by atoms with Crippen LogP contribution in [0.3, 0.4) is 0 Å². The van der Waals surface area contributed by atoms with Gasteiger partial charge < -0.3 is 9.52 Å². The van der Waals surface area contributed by atoms with Gasteiger partial charge in [0.25, 0.3) is 0 Å². The van der Waals surface area contributed by atoms with E-state index >= 15 is 0 Å². The van der Waals surface area contributed by atoms with Gasteiger partial charge in [0.15, 0.2) is 0 Å². The molecule has 4 nitrogen and oxygen atoms in total. The van der Waals surface area contributed by atoms with Crippen molar-refractivity contribution in [2.45, 2.75) is 36.2 Å². The van der Waals surface area contributed by atoms with Crippen molar-refractivity contribution < 1.29 is 27.5 Å². The topological polar surface area (TPSA) is 62.5 Å². The number of halogens is 3. The zero-order valence-electron chi connectivity index (χ0n) is 13.4. The SMILES string of the molecule is CC1(C)SC(c2ccc(-c3cccc(C(F)(F)F)c3)o2)NC1C(=O)O. The summed E-state index contributed by atoms with van der Waals surface area (Å²) in [5, 5.41) is 11.9. The van der Waals surface area contributed by atoms with Crippen LogP contribution in [0.2, 0.25) is 0 Å². The van der Waals surface area contributed by atoms with Crippen LogP contribution in [0.15, 0.2) is 40.8 Å². The van der Waals surface area contributed by atoms with Crippen molar-refractivity contribution in [3.05, 3.63) is 47.7 Å². The number of rotatable bonds is 3. The highest BCUT2D eigenvalue weighted by molar-refractivity contribution is 8.01. The van der Waals surface area contributed by atoms with Gasteiger partial charge in [0.05, 0.1) is 5.56 Å². The van der Waals surface area contributed by atoms with E-state index in [1.165, 1.54) is 23.9 Å². The van der Waals surface area contributed by atoms with E-state index in [-0.39, 0.29) is 5.37 Å². The average molecular weight is 371 g/mol. The van der Waals surface area contributed by atoms with Crippen molar-refractivity contribution in [3.63, 3.8) is 0 Å². The van der Waals surface area contributed by atoms with E-state index in [0.29, 0.717) is 17.1 Å². The van der Waals surface area contributed by atoms with Crippen LogP contribution in [0.25, 0.3) is 11.3 Å². The molecular weight excluding hydrogens is 355 g/mol. The molecule has 1 aromatic heterocycles. The molecule has 0 saturated carbocycles. The summed E-state index contributed by atoms with van der Waals surface area (Å²) < 4.78 is 43.7. The number of alkyl halides is 3. The van der Waals surface area contributed by atoms with Crippen LogP contribution < -0.4 is 5.32 Å². The number of carbonyl (C=O) groups is 1. The maximum atomic E-state index is 12.8. The highest BCUT2D eigenvalue weighted by atomic mass is 32.2. The quantitative estimate of drug-likeness (QED) is 0.830. The number of benzene rings is 1. The monoisotopic (exact) mass is 371 g/mol. The minimum atomic E-state index is -4.42. The first-order valence-electron chi connectivity index (χ1n) is 7.52. The molecule has 3 rings (SSSR count). The van der Waals surface area contributed by atoms with E-state index in [1.807, 2.05) is 13.8 Å². The summed E-state index contributed by atoms with van der Waals surface area (Å²) in [6, 6.07) is 7.39. The Morgan fingerprint density at radius 1 is 1.28 bits per heavy atom. The zero-order valence-corrected chi connectivity index (χ0v) is 14.2. The van der Waals surface area contributed by atoms with Gasteiger partial charge in [0.1, 0.15) is 22.9 Å². The van der Waals surface area contributed by atoms with Gasteiger partial charge in [0, 0.05) is 10.3 Å². The third-order valence-electron chi connectivity index (χ3n) is 4.04. The van der Waals surface area contributed by atoms with Gasteiger partial charge in [-0.3, -0.25) is 10.1 Å². The summed E-state index contributed by atoms with van der Waals surface area (Å²) in [4.78, 5) is 11.3. The normalized spacial score (nSPS) is 22.9. The molecule has 2 aromatic rings. The Morgan fingerprint density at radius 2 is 2.00 bits per heavy atom. The molecule has 1 fully saturated rings. The molecule has 2 heterocycles. The minimum absolute atomic E-state index is 0.306. The Hall–Kier alpha value is -1.93. The van der Waals surface area contributed by atoms with Crippen LogP contribution in [0.1, 0.15) is 30.5 Å². The number of nitrogens with one attached hydrogen (secondary N) is 1. The molecule has 0 amide bonds. The number of hydrogen-bond donors (Lipinski definition) is 2. The molecule has 0 radical (unpaired) electrons. The first-order chi connectivity index (χ1) is 11.6. The zero-order chi connectivity index (χ0) is 18.4. The lowest BCUT2D eigenvalue weighted by Crippen LogP contribution is -2.43. The molecule has 25 heavy (non-hydrogen) atoms.